The van der Waals surface area contributed by atoms with E-state index < -0.39 is 6.10 Å². The highest BCUT2D eigenvalue weighted by atomic mass is 19.1. The van der Waals surface area contributed by atoms with Gasteiger partial charge in [-0.25, -0.2) is 4.39 Å². The number of aliphatic hydroxyl groups is 1. The Morgan fingerprint density at radius 1 is 1.21 bits per heavy atom. The van der Waals surface area contributed by atoms with Crippen molar-refractivity contribution in [3.8, 4) is 0 Å². The second kappa shape index (κ2) is 8.37. The van der Waals surface area contributed by atoms with Crippen LogP contribution in [0.1, 0.15) is 75.3 Å². The quantitative estimate of drug-likeness (QED) is 0.681. The van der Waals surface area contributed by atoms with E-state index in [0.717, 1.165) is 36.8 Å². The van der Waals surface area contributed by atoms with Crippen LogP contribution in [0.4, 0.5) is 4.39 Å². The van der Waals surface area contributed by atoms with Crippen molar-refractivity contribution in [2.45, 2.75) is 71.6 Å². The summed E-state index contributed by atoms with van der Waals surface area (Å²) in [7, 11) is 0. The maximum absolute atomic E-state index is 14.8. The van der Waals surface area contributed by atoms with Gasteiger partial charge in [-0.05, 0) is 80.4 Å². The van der Waals surface area contributed by atoms with Crippen molar-refractivity contribution in [2.24, 2.45) is 4.99 Å². The summed E-state index contributed by atoms with van der Waals surface area (Å²) in [5.41, 5.74) is 8.18. The van der Waals surface area contributed by atoms with Crippen molar-refractivity contribution < 1.29 is 19.0 Å². The van der Waals surface area contributed by atoms with Gasteiger partial charge < -0.3 is 14.4 Å². The summed E-state index contributed by atoms with van der Waals surface area (Å²) in [6.07, 6.45) is 5.20. The minimum absolute atomic E-state index is 0.197. The first-order valence-corrected chi connectivity index (χ1v) is 11.5. The fourth-order valence-electron chi connectivity index (χ4n) is 5.63. The molecule has 172 valence electrons. The maximum Gasteiger partial charge on any atom is 0.293 e. The van der Waals surface area contributed by atoms with Gasteiger partial charge in [0.25, 0.3) is 12.0 Å². The molecule has 0 amide bonds. The molecule has 1 aromatic heterocycles. The first-order chi connectivity index (χ1) is 15.9. The molecule has 33 heavy (non-hydrogen) atoms. The van der Waals surface area contributed by atoms with Crippen LogP contribution in [0.5, 0.6) is 0 Å². The SMILES string of the molecule is C/C1=C2\CCCC3=C2CCC(=N\C2=C3Cn3c2cc(C(C)O)c(COC=O)c3=O)/C=C(/F)C1. The van der Waals surface area contributed by atoms with E-state index in [-0.39, 0.29) is 23.6 Å². The lowest BCUT2D eigenvalue weighted by molar-refractivity contribution is -0.129. The highest BCUT2D eigenvalue weighted by molar-refractivity contribution is 6.00. The fourth-order valence-corrected chi connectivity index (χ4v) is 5.63. The molecule has 6 nitrogen and oxygen atoms in total. The van der Waals surface area contributed by atoms with Crippen molar-refractivity contribution in [3.05, 3.63) is 73.0 Å². The zero-order valence-electron chi connectivity index (χ0n) is 18.9. The molecule has 4 aliphatic rings. The summed E-state index contributed by atoms with van der Waals surface area (Å²) in [6, 6.07) is 1.77. The largest absolute Gasteiger partial charge is 0.463 e. The van der Waals surface area contributed by atoms with Crippen LogP contribution in [0.25, 0.3) is 5.70 Å². The number of carbonyl (C=O) groups is 1. The number of fused-ring (bicyclic) bond motifs is 5. The van der Waals surface area contributed by atoms with Crippen LogP contribution in [-0.2, 0) is 22.7 Å². The van der Waals surface area contributed by atoms with E-state index in [4.69, 9.17) is 9.73 Å². The third kappa shape index (κ3) is 3.64. The number of ether oxygens (including phenoxy) is 1. The first-order valence-electron chi connectivity index (χ1n) is 11.5. The van der Waals surface area contributed by atoms with Gasteiger partial charge in [0.2, 0.25) is 0 Å². The third-order valence-electron chi connectivity index (χ3n) is 7.13. The minimum Gasteiger partial charge on any atom is -0.463 e. The number of rotatable bonds is 4. The zero-order valence-corrected chi connectivity index (χ0v) is 18.9. The number of aromatic nitrogens is 1. The van der Waals surface area contributed by atoms with Crippen LogP contribution in [-0.4, -0.2) is 21.9 Å². The number of nitrogens with zero attached hydrogens (tertiary/aromatic N) is 2. The molecule has 0 aromatic carbocycles. The monoisotopic (exact) mass is 450 g/mol. The smallest absolute Gasteiger partial charge is 0.293 e. The Labute approximate surface area is 191 Å². The van der Waals surface area contributed by atoms with E-state index in [0.29, 0.717) is 48.5 Å². The lowest BCUT2D eigenvalue weighted by Gasteiger charge is -2.27. The third-order valence-corrected chi connectivity index (χ3v) is 7.13. The maximum atomic E-state index is 14.8. The van der Waals surface area contributed by atoms with Crippen molar-refractivity contribution in [1.29, 1.82) is 0 Å². The Kier molecular flexibility index (Phi) is 5.52. The number of hydrogen-bond donors (Lipinski definition) is 1. The van der Waals surface area contributed by atoms with Gasteiger partial charge in [-0.3, -0.25) is 14.6 Å². The summed E-state index contributed by atoms with van der Waals surface area (Å²) in [5.74, 6) is -0.197. The topological polar surface area (TPSA) is 80.9 Å². The van der Waals surface area contributed by atoms with Gasteiger partial charge in [-0.2, -0.15) is 0 Å². The van der Waals surface area contributed by atoms with E-state index in [1.54, 1.807) is 23.6 Å². The van der Waals surface area contributed by atoms with Gasteiger partial charge in [0.1, 0.15) is 12.4 Å². The number of allylic oxidation sites excluding steroid dienone is 7. The van der Waals surface area contributed by atoms with Crippen LogP contribution >= 0.6 is 0 Å². The predicted molar refractivity (Wildman–Crippen MR) is 123 cm³/mol. The van der Waals surface area contributed by atoms with Crippen molar-refractivity contribution in [1.82, 2.24) is 4.57 Å². The number of halogens is 1. The Morgan fingerprint density at radius 2 is 1.97 bits per heavy atom. The molecule has 5 rings (SSSR count). The summed E-state index contributed by atoms with van der Waals surface area (Å²) in [5, 5.41) is 10.4. The molecular weight excluding hydrogens is 423 g/mol. The molecule has 2 bridgehead atoms. The molecule has 0 saturated heterocycles. The normalized spacial score (nSPS) is 26.1. The number of carbonyl (C=O) groups excluding carboxylic acids is 1. The van der Waals surface area contributed by atoms with Crippen molar-refractivity contribution >= 4 is 17.9 Å². The van der Waals surface area contributed by atoms with Crippen LogP contribution in [0.2, 0.25) is 0 Å². The Balaban J connectivity index is 1.78. The van der Waals surface area contributed by atoms with Gasteiger partial charge in [0.15, 0.2) is 0 Å². The lowest BCUT2D eigenvalue weighted by atomic mass is 9.79. The molecule has 2 aliphatic heterocycles. The van der Waals surface area contributed by atoms with Crippen LogP contribution in [0, 0.1) is 0 Å². The molecule has 0 spiro atoms. The molecule has 2 aliphatic carbocycles. The first kappa shape index (κ1) is 21.8. The Hall–Kier alpha value is -3.06. The molecular formula is C26H27FN2O4. The lowest BCUT2D eigenvalue weighted by Crippen LogP contribution is -2.27. The number of aliphatic imine (C=N–C) groups is 1. The van der Waals surface area contributed by atoms with Crippen LogP contribution < -0.4 is 5.56 Å². The Morgan fingerprint density at radius 3 is 2.73 bits per heavy atom. The van der Waals surface area contributed by atoms with Gasteiger partial charge in [0.05, 0.1) is 29.6 Å². The fraction of sp³-hybridized carbons (Fsp3) is 0.423. The van der Waals surface area contributed by atoms with Gasteiger partial charge in [0, 0.05) is 17.7 Å². The van der Waals surface area contributed by atoms with E-state index >= 15 is 0 Å². The molecule has 0 saturated carbocycles. The minimum atomic E-state index is -0.920. The summed E-state index contributed by atoms with van der Waals surface area (Å²) in [4.78, 5) is 29.1. The number of pyridine rings is 1. The summed E-state index contributed by atoms with van der Waals surface area (Å²) >= 11 is 0. The average molecular weight is 451 g/mol. The van der Waals surface area contributed by atoms with Crippen LogP contribution in [0.15, 0.2) is 55.6 Å². The van der Waals surface area contributed by atoms with E-state index in [9.17, 15) is 19.1 Å². The van der Waals surface area contributed by atoms with E-state index in [1.807, 2.05) is 6.92 Å². The highest BCUT2D eigenvalue weighted by Gasteiger charge is 2.33. The predicted octanol–water partition coefficient (Wildman–Crippen LogP) is 4.59. The highest BCUT2D eigenvalue weighted by Crippen LogP contribution is 2.45. The summed E-state index contributed by atoms with van der Waals surface area (Å²) < 4.78 is 21.4. The molecule has 1 atom stereocenters. The van der Waals surface area contributed by atoms with Gasteiger partial charge in [-0.1, -0.05) is 5.57 Å². The number of aliphatic hydroxyl groups excluding tert-OH is 1. The van der Waals surface area contributed by atoms with Gasteiger partial charge in [-0.15, -0.1) is 0 Å². The van der Waals surface area contributed by atoms with Gasteiger partial charge >= 0.3 is 0 Å². The standard InChI is InChI=1S/C26H27FN2O4/c1-14-8-16(27)9-17-6-7-20-18(14)4-3-5-19(20)22-11-29-24(25(22)28-17)10-21(15(2)31)23(26(29)32)12-33-13-30/h9-10,13,15,31H,3-8,11-12H2,1-2H3/b16-9+,18-14-,28-17+. The second-order valence-corrected chi connectivity index (χ2v) is 9.21. The molecule has 1 unspecified atom stereocenters. The molecule has 0 radical (unpaired) electrons. The molecule has 1 N–H and O–H groups in total. The number of hydrogen-bond acceptors (Lipinski definition) is 5. The van der Waals surface area contributed by atoms with Crippen molar-refractivity contribution in [2.75, 3.05) is 0 Å². The molecule has 0 fully saturated rings. The Bertz CT molecular complexity index is 1270. The van der Waals surface area contributed by atoms with E-state index in [1.165, 1.54) is 16.7 Å². The average Bonchev–Trinajstić information content (AvgIpc) is 3.14. The molecule has 1 aromatic rings. The molecule has 3 heterocycles. The van der Waals surface area contributed by atoms with Crippen LogP contribution in [0.3, 0.4) is 0 Å². The van der Waals surface area contributed by atoms with E-state index in [2.05, 4.69) is 0 Å². The molecule has 7 heteroatoms. The zero-order chi connectivity index (χ0) is 23.3. The van der Waals surface area contributed by atoms with Crippen molar-refractivity contribution in [3.63, 3.8) is 0 Å². The second-order valence-electron chi connectivity index (χ2n) is 9.21. The summed E-state index contributed by atoms with van der Waals surface area (Å²) in [6.45, 7) is 4.06.